The summed E-state index contributed by atoms with van der Waals surface area (Å²) in [6.07, 6.45) is 6.23. The van der Waals surface area contributed by atoms with Gasteiger partial charge >= 0.3 is 0 Å². The lowest BCUT2D eigenvalue weighted by Crippen LogP contribution is -2.21. The average molecular weight is 392 g/mol. The third-order valence-electron chi connectivity index (χ3n) is 5.28. The second-order valence-corrected chi connectivity index (χ2v) is 7.79. The summed E-state index contributed by atoms with van der Waals surface area (Å²) in [7, 11) is 0. The van der Waals surface area contributed by atoms with Crippen molar-refractivity contribution in [2.75, 3.05) is 0 Å². The first-order valence-corrected chi connectivity index (χ1v) is 9.95. The van der Waals surface area contributed by atoms with Gasteiger partial charge in [-0.1, -0.05) is 36.8 Å². The van der Waals surface area contributed by atoms with Gasteiger partial charge in [-0.05, 0) is 57.0 Å². The highest BCUT2D eigenvalue weighted by Crippen LogP contribution is 2.42. The number of carbonyl (C=O) groups excluding carboxylic acids is 1. The largest absolute Gasteiger partial charge is 0.508 e. The molecule has 0 fully saturated rings. The molecule has 2 N–H and O–H groups in total. The summed E-state index contributed by atoms with van der Waals surface area (Å²) < 4.78 is 6.26. The van der Waals surface area contributed by atoms with Crippen LogP contribution >= 0.6 is 0 Å². The van der Waals surface area contributed by atoms with Crippen molar-refractivity contribution in [3.8, 4) is 17.2 Å². The molecule has 2 aromatic carbocycles. The predicted molar refractivity (Wildman–Crippen MR) is 115 cm³/mol. The Kier molecular flexibility index (Phi) is 6.12. The minimum absolute atomic E-state index is 0.00849. The molecule has 1 heterocycles. The highest BCUT2D eigenvalue weighted by Gasteiger charge is 2.31. The topological polar surface area (TPSA) is 66.8 Å². The van der Waals surface area contributed by atoms with Crippen molar-refractivity contribution in [1.82, 2.24) is 0 Å². The molecule has 0 spiro atoms. The van der Waals surface area contributed by atoms with Gasteiger partial charge in [-0.3, -0.25) is 4.79 Å². The molecule has 4 heteroatoms. The van der Waals surface area contributed by atoms with Crippen LogP contribution in [0, 0.1) is 0 Å². The van der Waals surface area contributed by atoms with E-state index in [1.807, 2.05) is 52.0 Å². The molecule has 0 saturated heterocycles. The van der Waals surface area contributed by atoms with E-state index in [0.29, 0.717) is 23.3 Å². The molecule has 1 aliphatic heterocycles. The van der Waals surface area contributed by atoms with E-state index in [9.17, 15) is 15.0 Å². The minimum Gasteiger partial charge on any atom is -0.508 e. The number of aromatic hydroxyl groups is 2. The van der Waals surface area contributed by atoms with Crippen LogP contribution in [0.15, 0.2) is 54.1 Å². The number of phenolic OH excluding ortho intramolecular Hbond substituents is 2. The van der Waals surface area contributed by atoms with Gasteiger partial charge in [0.2, 0.25) is 0 Å². The molecule has 2 atom stereocenters. The molecule has 1 unspecified atom stereocenters. The third kappa shape index (κ3) is 4.37. The highest BCUT2D eigenvalue weighted by atomic mass is 16.5. The molecule has 3 rings (SSSR count). The van der Waals surface area contributed by atoms with E-state index in [2.05, 4.69) is 0 Å². The first-order valence-electron chi connectivity index (χ1n) is 9.95. The van der Waals surface area contributed by atoms with Gasteiger partial charge in [0.25, 0.3) is 0 Å². The van der Waals surface area contributed by atoms with E-state index in [4.69, 9.17) is 4.74 Å². The van der Waals surface area contributed by atoms with Gasteiger partial charge in [0.15, 0.2) is 5.78 Å². The van der Waals surface area contributed by atoms with Gasteiger partial charge in [-0.15, -0.1) is 0 Å². The third-order valence-corrected chi connectivity index (χ3v) is 5.28. The van der Waals surface area contributed by atoms with Gasteiger partial charge in [0, 0.05) is 17.0 Å². The van der Waals surface area contributed by atoms with Gasteiger partial charge in [0.1, 0.15) is 23.4 Å². The molecule has 152 valence electrons. The summed E-state index contributed by atoms with van der Waals surface area (Å²) in [4.78, 5) is 12.8. The van der Waals surface area contributed by atoms with Crippen LogP contribution in [-0.4, -0.2) is 16.0 Å². The van der Waals surface area contributed by atoms with E-state index in [1.165, 1.54) is 0 Å². The van der Waals surface area contributed by atoms with E-state index < -0.39 is 6.10 Å². The van der Waals surface area contributed by atoms with Crippen molar-refractivity contribution in [1.29, 1.82) is 0 Å². The molecule has 0 radical (unpaired) electrons. The van der Waals surface area contributed by atoms with Crippen molar-refractivity contribution in [3.63, 3.8) is 0 Å². The van der Waals surface area contributed by atoms with Crippen LogP contribution in [0.2, 0.25) is 0 Å². The fourth-order valence-corrected chi connectivity index (χ4v) is 3.65. The van der Waals surface area contributed by atoms with Gasteiger partial charge in [-0.25, -0.2) is 0 Å². The fourth-order valence-electron chi connectivity index (χ4n) is 3.65. The highest BCUT2D eigenvalue weighted by molar-refractivity contribution is 6.00. The number of hydrogen-bond donors (Lipinski definition) is 2. The van der Waals surface area contributed by atoms with Crippen LogP contribution in [0.5, 0.6) is 17.2 Å². The molecule has 29 heavy (non-hydrogen) atoms. The lowest BCUT2D eigenvalue weighted by atomic mass is 9.90. The van der Waals surface area contributed by atoms with Crippen LogP contribution in [-0.2, 0) is 6.42 Å². The summed E-state index contributed by atoms with van der Waals surface area (Å²) in [5.41, 5.74) is 3.90. The number of ketones is 1. The monoisotopic (exact) mass is 392 g/mol. The second kappa shape index (κ2) is 8.56. The molecule has 2 aromatic rings. The Balaban J connectivity index is 2.01. The number of allylic oxidation sites excluding steroid dienone is 4. The zero-order valence-electron chi connectivity index (χ0n) is 17.4. The SMILES string of the molecule is C/C=C/C(C)c1cc([C@@H]2CC(=O)c3ccc(O)c(CC=C(C)C)c3O2)ccc1O. The zero-order valence-corrected chi connectivity index (χ0v) is 17.4. The second-order valence-electron chi connectivity index (χ2n) is 7.79. The van der Waals surface area contributed by atoms with E-state index >= 15 is 0 Å². The Hall–Kier alpha value is -3.01. The molecule has 0 saturated carbocycles. The number of carbonyl (C=O) groups is 1. The van der Waals surface area contributed by atoms with E-state index in [1.54, 1.807) is 24.3 Å². The number of rotatable bonds is 5. The Morgan fingerprint density at radius 3 is 2.62 bits per heavy atom. The van der Waals surface area contributed by atoms with Crippen molar-refractivity contribution in [2.24, 2.45) is 0 Å². The maximum atomic E-state index is 12.8. The van der Waals surface area contributed by atoms with Crippen LogP contribution < -0.4 is 4.74 Å². The van der Waals surface area contributed by atoms with Crippen LogP contribution in [0.25, 0.3) is 0 Å². The number of benzene rings is 2. The maximum Gasteiger partial charge on any atom is 0.170 e. The number of hydrogen-bond acceptors (Lipinski definition) is 4. The molecule has 0 bridgehead atoms. The minimum atomic E-state index is -0.459. The first-order chi connectivity index (χ1) is 13.8. The lowest BCUT2D eigenvalue weighted by molar-refractivity contribution is 0.0847. The molecule has 1 aliphatic rings. The summed E-state index contributed by atoms with van der Waals surface area (Å²) >= 11 is 0. The summed E-state index contributed by atoms with van der Waals surface area (Å²) in [5.74, 6) is 0.848. The van der Waals surface area contributed by atoms with Crippen LogP contribution in [0.3, 0.4) is 0 Å². The summed E-state index contributed by atoms with van der Waals surface area (Å²) in [6.45, 7) is 7.94. The quantitative estimate of drug-likeness (QED) is 0.613. The predicted octanol–water partition coefficient (Wildman–Crippen LogP) is 5.99. The Bertz CT molecular complexity index is 981. The van der Waals surface area contributed by atoms with Gasteiger partial charge in [0.05, 0.1) is 12.0 Å². The van der Waals surface area contributed by atoms with Crippen molar-refractivity contribution >= 4 is 5.78 Å². The number of fused-ring (bicyclic) bond motifs is 1. The molecule has 0 aromatic heterocycles. The maximum absolute atomic E-state index is 12.8. The average Bonchev–Trinajstić information content (AvgIpc) is 2.67. The van der Waals surface area contributed by atoms with E-state index in [0.717, 1.165) is 16.7 Å². The molecular weight excluding hydrogens is 364 g/mol. The Morgan fingerprint density at radius 1 is 1.21 bits per heavy atom. The Morgan fingerprint density at radius 2 is 1.93 bits per heavy atom. The number of ether oxygens (including phenoxy) is 1. The smallest absolute Gasteiger partial charge is 0.170 e. The van der Waals surface area contributed by atoms with Gasteiger partial charge in [-0.2, -0.15) is 0 Å². The first kappa shape index (κ1) is 20.7. The summed E-state index contributed by atoms with van der Waals surface area (Å²) in [6, 6.07) is 8.54. The lowest BCUT2D eigenvalue weighted by Gasteiger charge is -2.28. The van der Waals surface area contributed by atoms with Crippen molar-refractivity contribution < 1.29 is 19.7 Å². The van der Waals surface area contributed by atoms with E-state index in [-0.39, 0.29) is 29.6 Å². The molecule has 0 aliphatic carbocycles. The van der Waals surface area contributed by atoms with Crippen molar-refractivity contribution in [3.05, 3.63) is 76.4 Å². The molecular formula is C25H28O4. The van der Waals surface area contributed by atoms with Crippen LogP contribution in [0.4, 0.5) is 0 Å². The zero-order chi connectivity index (χ0) is 21.1. The Labute approximate surface area is 172 Å². The van der Waals surface area contributed by atoms with Crippen molar-refractivity contribution in [2.45, 2.75) is 52.6 Å². The number of Topliss-reactive ketones (excluding diaryl/α,β-unsaturated/α-hetero) is 1. The standard InChI is InChI=1S/C25H28O4/c1-5-6-16(4)20-13-17(8-11-22(20)27)24-14-23(28)19-10-12-21(26)18(25(19)29-24)9-7-15(2)3/h5-8,10-13,16,24,26-27H,9,14H2,1-4H3/b6-5+/t16?,24-/m0/s1. The normalized spacial score (nSPS) is 17.0. The van der Waals surface area contributed by atoms with Gasteiger partial charge < -0.3 is 14.9 Å². The molecule has 0 amide bonds. The fraction of sp³-hybridized carbons (Fsp3) is 0.320. The molecule has 4 nitrogen and oxygen atoms in total. The summed E-state index contributed by atoms with van der Waals surface area (Å²) in [5, 5.41) is 20.6. The van der Waals surface area contributed by atoms with Crippen LogP contribution in [0.1, 0.15) is 73.2 Å². The number of phenols is 2.